The Balaban J connectivity index is 1.68. The second-order valence-corrected chi connectivity index (χ2v) is 9.37. The molecule has 0 aromatic heterocycles. The summed E-state index contributed by atoms with van der Waals surface area (Å²) in [6.45, 7) is 4.67. The molecular weight excluding hydrogens is 390 g/mol. The van der Waals surface area contributed by atoms with Crippen molar-refractivity contribution in [3.8, 4) is 0 Å². The van der Waals surface area contributed by atoms with Crippen molar-refractivity contribution >= 4 is 38.7 Å². The van der Waals surface area contributed by atoms with Gasteiger partial charge in [-0.2, -0.15) is 4.31 Å². The van der Waals surface area contributed by atoms with Crippen LogP contribution in [-0.2, 0) is 16.4 Å². The van der Waals surface area contributed by atoms with Gasteiger partial charge in [-0.1, -0.05) is 31.5 Å². The standard InChI is InChI=1S/C21H27N3O2S2/c1-3-17-9-4-5-10-20(17)23-21(27)22-18-11-13-19(14-12-18)28(25,26)24-15-7-6-8-16(24)2/h4-5,9-14,16H,3,6-8,15H2,1-2H3,(H2,22,23,27)/t16-/m0/s1. The van der Waals surface area contributed by atoms with Crippen LogP contribution in [0.2, 0.25) is 0 Å². The molecule has 1 heterocycles. The van der Waals surface area contributed by atoms with Gasteiger partial charge in [0.05, 0.1) is 4.90 Å². The lowest BCUT2D eigenvalue weighted by atomic mass is 10.1. The van der Waals surface area contributed by atoms with Crippen LogP contribution in [0.4, 0.5) is 11.4 Å². The summed E-state index contributed by atoms with van der Waals surface area (Å²) in [6.07, 6.45) is 3.83. The number of thiocarbonyl (C=S) groups is 1. The fourth-order valence-corrected chi connectivity index (χ4v) is 5.44. The number of sulfonamides is 1. The number of piperidine rings is 1. The van der Waals surface area contributed by atoms with Crippen molar-refractivity contribution < 1.29 is 8.42 Å². The minimum Gasteiger partial charge on any atom is -0.332 e. The zero-order valence-corrected chi connectivity index (χ0v) is 17.9. The highest BCUT2D eigenvalue weighted by Crippen LogP contribution is 2.26. The van der Waals surface area contributed by atoms with Crippen molar-refractivity contribution in [2.24, 2.45) is 0 Å². The lowest BCUT2D eigenvalue weighted by Gasteiger charge is -2.32. The monoisotopic (exact) mass is 417 g/mol. The maximum Gasteiger partial charge on any atom is 0.243 e. The molecule has 2 aromatic carbocycles. The van der Waals surface area contributed by atoms with Crippen LogP contribution in [-0.4, -0.2) is 30.4 Å². The Labute approximate surface area is 173 Å². The van der Waals surface area contributed by atoms with Crippen LogP contribution in [0.3, 0.4) is 0 Å². The van der Waals surface area contributed by atoms with E-state index in [1.807, 2.05) is 25.1 Å². The van der Waals surface area contributed by atoms with Gasteiger partial charge < -0.3 is 10.6 Å². The molecule has 150 valence electrons. The summed E-state index contributed by atoms with van der Waals surface area (Å²) in [6, 6.07) is 14.8. The van der Waals surface area contributed by atoms with Gasteiger partial charge in [0.15, 0.2) is 5.11 Å². The first-order valence-electron chi connectivity index (χ1n) is 9.69. The highest BCUT2D eigenvalue weighted by molar-refractivity contribution is 7.89. The number of hydrogen-bond acceptors (Lipinski definition) is 3. The molecule has 1 atom stereocenters. The summed E-state index contributed by atoms with van der Waals surface area (Å²) >= 11 is 5.40. The molecule has 7 heteroatoms. The molecule has 2 aromatic rings. The highest BCUT2D eigenvalue weighted by Gasteiger charge is 2.30. The molecule has 5 nitrogen and oxygen atoms in total. The average molecular weight is 418 g/mol. The molecule has 1 saturated heterocycles. The fraction of sp³-hybridized carbons (Fsp3) is 0.381. The number of nitrogens with zero attached hydrogens (tertiary/aromatic N) is 1. The first-order valence-corrected chi connectivity index (χ1v) is 11.5. The minimum atomic E-state index is -3.46. The summed E-state index contributed by atoms with van der Waals surface area (Å²) in [5.41, 5.74) is 2.90. The Morgan fingerprint density at radius 2 is 1.82 bits per heavy atom. The van der Waals surface area contributed by atoms with E-state index in [-0.39, 0.29) is 6.04 Å². The lowest BCUT2D eigenvalue weighted by molar-refractivity contribution is 0.268. The Kier molecular flexibility index (Phi) is 6.69. The zero-order valence-electron chi connectivity index (χ0n) is 16.3. The molecule has 0 radical (unpaired) electrons. The molecule has 0 amide bonds. The van der Waals surface area contributed by atoms with Crippen molar-refractivity contribution in [3.05, 3.63) is 54.1 Å². The Morgan fingerprint density at radius 1 is 1.11 bits per heavy atom. The van der Waals surface area contributed by atoms with Gasteiger partial charge >= 0.3 is 0 Å². The maximum absolute atomic E-state index is 12.9. The van der Waals surface area contributed by atoms with E-state index < -0.39 is 10.0 Å². The van der Waals surface area contributed by atoms with Crippen molar-refractivity contribution in [1.29, 1.82) is 0 Å². The molecule has 0 saturated carbocycles. The predicted octanol–water partition coefficient (Wildman–Crippen LogP) is 4.62. The third kappa shape index (κ3) is 4.71. The second kappa shape index (κ2) is 9.03. The number of rotatable bonds is 5. The van der Waals surface area contributed by atoms with Gasteiger partial charge in [-0.3, -0.25) is 0 Å². The molecular formula is C21H27N3O2S2. The van der Waals surface area contributed by atoms with E-state index in [1.54, 1.807) is 28.6 Å². The molecule has 2 N–H and O–H groups in total. The number of benzene rings is 2. The number of nitrogens with one attached hydrogen (secondary N) is 2. The first-order chi connectivity index (χ1) is 13.4. The van der Waals surface area contributed by atoms with E-state index in [2.05, 4.69) is 23.6 Å². The number of anilines is 2. The lowest BCUT2D eigenvalue weighted by Crippen LogP contribution is -2.41. The zero-order chi connectivity index (χ0) is 20.1. The molecule has 3 rings (SSSR count). The molecule has 1 aliphatic rings. The van der Waals surface area contributed by atoms with Gasteiger partial charge in [-0.15, -0.1) is 0 Å². The fourth-order valence-electron chi connectivity index (χ4n) is 3.51. The SMILES string of the molecule is CCc1ccccc1NC(=S)Nc1ccc(S(=O)(=O)N2CCCC[C@@H]2C)cc1. The van der Waals surface area contributed by atoms with E-state index >= 15 is 0 Å². The number of aryl methyl sites for hydroxylation is 1. The van der Waals surface area contributed by atoms with E-state index in [0.717, 1.165) is 37.1 Å². The summed E-state index contributed by atoms with van der Waals surface area (Å²) in [5, 5.41) is 6.80. The van der Waals surface area contributed by atoms with E-state index in [0.29, 0.717) is 16.6 Å². The largest absolute Gasteiger partial charge is 0.332 e. The van der Waals surface area contributed by atoms with Crippen LogP contribution in [0.25, 0.3) is 0 Å². The Bertz CT molecular complexity index is 927. The molecule has 0 unspecified atom stereocenters. The number of hydrogen-bond donors (Lipinski definition) is 2. The minimum absolute atomic E-state index is 0.0481. The normalized spacial score (nSPS) is 17.9. The van der Waals surface area contributed by atoms with Crippen LogP contribution in [0.1, 0.15) is 38.7 Å². The third-order valence-electron chi connectivity index (χ3n) is 5.11. The summed E-state index contributed by atoms with van der Waals surface area (Å²) < 4.78 is 27.4. The topological polar surface area (TPSA) is 61.4 Å². The third-order valence-corrected chi connectivity index (χ3v) is 7.34. The van der Waals surface area contributed by atoms with E-state index in [4.69, 9.17) is 12.2 Å². The van der Waals surface area contributed by atoms with Crippen LogP contribution >= 0.6 is 12.2 Å². The summed E-state index contributed by atoms with van der Waals surface area (Å²) in [7, 11) is -3.46. The molecule has 1 aliphatic heterocycles. The van der Waals surface area contributed by atoms with Crippen LogP contribution < -0.4 is 10.6 Å². The smallest absolute Gasteiger partial charge is 0.243 e. The molecule has 0 spiro atoms. The molecule has 0 bridgehead atoms. The van der Waals surface area contributed by atoms with Crippen LogP contribution in [0.15, 0.2) is 53.4 Å². The predicted molar refractivity (Wildman–Crippen MR) is 119 cm³/mol. The van der Waals surface area contributed by atoms with Gasteiger partial charge in [0.1, 0.15) is 0 Å². The van der Waals surface area contributed by atoms with Gasteiger partial charge in [-0.25, -0.2) is 8.42 Å². The van der Waals surface area contributed by atoms with E-state index in [9.17, 15) is 8.42 Å². The van der Waals surface area contributed by atoms with Crippen LogP contribution in [0.5, 0.6) is 0 Å². The molecule has 1 fully saturated rings. The van der Waals surface area contributed by atoms with E-state index in [1.165, 1.54) is 5.56 Å². The average Bonchev–Trinajstić information content (AvgIpc) is 2.69. The van der Waals surface area contributed by atoms with Gasteiger partial charge in [0.2, 0.25) is 10.0 Å². The quantitative estimate of drug-likeness (QED) is 0.695. The summed E-state index contributed by atoms with van der Waals surface area (Å²) in [5.74, 6) is 0. The maximum atomic E-state index is 12.9. The van der Waals surface area contributed by atoms with Gasteiger partial charge in [0, 0.05) is 24.0 Å². The molecule has 0 aliphatic carbocycles. The Hall–Kier alpha value is -1.96. The van der Waals surface area contributed by atoms with Crippen molar-refractivity contribution in [3.63, 3.8) is 0 Å². The first kappa shape index (κ1) is 20.8. The van der Waals surface area contributed by atoms with Crippen molar-refractivity contribution in [2.45, 2.75) is 50.5 Å². The number of para-hydroxylation sites is 1. The molecule has 28 heavy (non-hydrogen) atoms. The van der Waals surface area contributed by atoms with Crippen molar-refractivity contribution in [2.75, 3.05) is 17.2 Å². The summed E-state index contributed by atoms with van der Waals surface area (Å²) in [4.78, 5) is 0.321. The van der Waals surface area contributed by atoms with Crippen molar-refractivity contribution in [1.82, 2.24) is 4.31 Å². The Morgan fingerprint density at radius 3 is 2.50 bits per heavy atom. The highest BCUT2D eigenvalue weighted by atomic mass is 32.2. The van der Waals surface area contributed by atoms with Crippen LogP contribution in [0, 0.1) is 0 Å². The van der Waals surface area contributed by atoms with Gasteiger partial charge in [0.25, 0.3) is 0 Å². The van der Waals surface area contributed by atoms with Gasteiger partial charge in [-0.05, 0) is 74.3 Å². The second-order valence-electron chi connectivity index (χ2n) is 7.07.